The molecule has 5 heteroatoms. The van der Waals surface area contributed by atoms with Crippen molar-refractivity contribution in [2.75, 3.05) is 0 Å². The molecule has 0 saturated carbocycles. The number of carbonyl (C=O) groups is 1. The molecule has 0 aliphatic rings. The number of aliphatic hydroxyl groups excluding tert-OH is 1. The summed E-state index contributed by atoms with van der Waals surface area (Å²) in [6.07, 6.45) is -0.755. The van der Waals surface area contributed by atoms with E-state index in [4.69, 9.17) is 5.73 Å². The molecule has 0 spiro atoms. The Morgan fingerprint density at radius 2 is 1.50 bits per heavy atom. The van der Waals surface area contributed by atoms with Crippen LogP contribution in [0.25, 0.3) is 0 Å². The van der Waals surface area contributed by atoms with Crippen LogP contribution in [0.3, 0.4) is 0 Å². The monoisotopic (exact) mass is 320 g/mol. The highest BCUT2D eigenvalue weighted by Gasteiger charge is 2.22. The van der Waals surface area contributed by atoms with E-state index in [2.05, 4.69) is 5.32 Å². The SMILES string of the molecule is Cl.NC(Cc1ccccc1)C(O)C(=O)NCc1ccccc1. The van der Waals surface area contributed by atoms with Crippen molar-refractivity contribution in [2.24, 2.45) is 5.73 Å². The second-order valence-corrected chi connectivity index (χ2v) is 5.00. The molecule has 0 aliphatic carbocycles. The first-order valence-corrected chi connectivity index (χ1v) is 6.96. The van der Waals surface area contributed by atoms with Gasteiger partial charge in [-0.2, -0.15) is 0 Å². The molecule has 0 bridgehead atoms. The molecule has 0 saturated heterocycles. The Morgan fingerprint density at radius 3 is 2.05 bits per heavy atom. The Hall–Kier alpha value is -1.88. The quantitative estimate of drug-likeness (QED) is 0.757. The summed E-state index contributed by atoms with van der Waals surface area (Å²) in [5.41, 5.74) is 7.89. The van der Waals surface area contributed by atoms with E-state index >= 15 is 0 Å². The molecule has 2 rings (SSSR count). The smallest absolute Gasteiger partial charge is 0.250 e. The number of halogens is 1. The van der Waals surface area contributed by atoms with E-state index in [1.807, 2.05) is 60.7 Å². The fourth-order valence-electron chi connectivity index (χ4n) is 2.08. The number of hydrogen-bond acceptors (Lipinski definition) is 3. The van der Waals surface area contributed by atoms with E-state index < -0.39 is 18.1 Å². The molecule has 0 aromatic heterocycles. The Bertz CT molecular complexity index is 563. The van der Waals surface area contributed by atoms with Gasteiger partial charge >= 0.3 is 0 Å². The molecule has 4 nitrogen and oxygen atoms in total. The highest BCUT2D eigenvalue weighted by Crippen LogP contribution is 2.05. The summed E-state index contributed by atoms with van der Waals surface area (Å²) in [7, 11) is 0. The number of hydrogen-bond donors (Lipinski definition) is 3. The molecule has 2 unspecified atom stereocenters. The van der Waals surface area contributed by atoms with E-state index in [-0.39, 0.29) is 12.4 Å². The van der Waals surface area contributed by atoms with Gasteiger partial charge in [0.1, 0.15) is 6.10 Å². The molecule has 0 aliphatic heterocycles. The van der Waals surface area contributed by atoms with Crippen molar-refractivity contribution in [3.8, 4) is 0 Å². The Balaban J connectivity index is 0.00000242. The van der Waals surface area contributed by atoms with E-state index in [1.165, 1.54) is 0 Å². The van der Waals surface area contributed by atoms with Crippen molar-refractivity contribution in [3.05, 3.63) is 71.8 Å². The molecule has 1 amide bonds. The Morgan fingerprint density at radius 1 is 1.00 bits per heavy atom. The second-order valence-electron chi connectivity index (χ2n) is 5.00. The Kier molecular flexibility index (Phi) is 7.60. The van der Waals surface area contributed by atoms with Crippen molar-refractivity contribution < 1.29 is 9.90 Å². The summed E-state index contributed by atoms with van der Waals surface area (Å²) < 4.78 is 0. The minimum Gasteiger partial charge on any atom is -0.382 e. The predicted octanol–water partition coefficient (Wildman–Crippen LogP) is 1.66. The third-order valence-corrected chi connectivity index (χ3v) is 3.30. The van der Waals surface area contributed by atoms with Gasteiger partial charge in [-0.25, -0.2) is 0 Å². The lowest BCUT2D eigenvalue weighted by atomic mass is 10.0. The van der Waals surface area contributed by atoms with Crippen molar-refractivity contribution in [2.45, 2.75) is 25.1 Å². The summed E-state index contributed by atoms with van der Waals surface area (Å²) in [5.74, 6) is -0.442. The molecule has 2 atom stereocenters. The summed E-state index contributed by atoms with van der Waals surface area (Å²) in [6.45, 7) is 0.384. The van der Waals surface area contributed by atoms with Crippen molar-refractivity contribution >= 4 is 18.3 Å². The number of amides is 1. The van der Waals surface area contributed by atoms with Crippen LogP contribution in [0.1, 0.15) is 11.1 Å². The minimum atomic E-state index is -1.21. The van der Waals surface area contributed by atoms with Crippen molar-refractivity contribution in [1.82, 2.24) is 5.32 Å². The van der Waals surface area contributed by atoms with Crippen LogP contribution in [-0.4, -0.2) is 23.2 Å². The number of benzene rings is 2. The van der Waals surface area contributed by atoms with Crippen LogP contribution in [0.15, 0.2) is 60.7 Å². The minimum absolute atomic E-state index is 0. The zero-order valence-electron chi connectivity index (χ0n) is 12.2. The first-order chi connectivity index (χ1) is 10.2. The van der Waals surface area contributed by atoms with Gasteiger partial charge < -0.3 is 16.2 Å². The second kappa shape index (κ2) is 9.20. The van der Waals surface area contributed by atoms with Crippen LogP contribution < -0.4 is 11.1 Å². The lowest BCUT2D eigenvalue weighted by Crippen LogP contribution is -2.47. The summed E-state index contributed by atoms with van der Waals surface area (Å²) >= 11 is 0. The average molecular weight is 321 g/mol. The highest BCUT2D eigenvalue weighted by atomic mass is 35.5. The normalized spacial score (nSPS) is 12.8. The molecule has 2 aromatic carbocycles. The third-order valence-electron chi connectivity index (χ3n) is 3.30. The number of nitrogens with two attached hydrogens (primary N) is 1. The van der Waals surface area contributed by atoms with Crippen LogP contribution in [0.5, 0.6) is 0 Å². The molecule has 118 valence electrons. The molecular formula is C17H21ClN2O2. The molecule has 4 N–H and O–H groups in total. The fraction of sp³-hybridized carbons (Fsp3) is 0.235. The topological polar surface area (TPSA) is 75.3 Å². The molecular weight excluding hydrogens is 300 g/mol. The summed E-state index contributed by atoms with van der Waals surface area (Å²) in [4.78, 5) is 11.9. The zero-order chi connectivity index (χ0) is 15.1. The van der Waals surface area contributed by atoms with Gasteiger partial charge in [0, 0.05) is 12.6 Å². The van der Waals surface area contributed by atoms with Gasteiger partial charge in [-0.05, 0) is 17.5 Å². The fourth-order valence-corrected chi connectivity index (χ4v) is 2.08. The highest BCUT2D eigenvalue weighted by molar-refractivity contribution is 5.85. The number of aliphatic hydroxyl groups is 1. The summed E-state index contributed by atoms with van der Waals surface area (Å²) in [6, 6.07) is 18.5. The van der Waals surface area contributed by atoms with Crippen molar-refractivity contribution in [1.29, 1.82) is 0 Å². The van der Waals surface area contributed by atoms with E-state index in [0.717, 1.165) is 11.1 Å². The van der Waals surface area contributed by atoms with E-state index in [1.54, 1.807) is 0 Å². The van der Waals surface area contributed by atoms with Gasteiger partial charge in [0.25, 0.3) is 5.91 Å². The van der Waals surface area contributed by atoms with Crippen LogP contribution >= 0.6 is 12.4 Å². The van der Waals surface area contributed by atoms with Gasteiger partial charge in [0.15, 0.2) is 0 Å². The van der Waals surface area contributed by atoms with Gasteiger partial charge in [-0.15, -0.1) is 12.4 Å². The van der Waals surface area contributed by atoms with Gasteiger partial charge in [0.05, 0.1) is 0 Å². The van der Waals surface area contributed by atoms with Crippen LogP contribution in [0.2, 0.25) is 0 Å². The standard InChI is InChI=1S/C17H20N2O2.ClH/c18-15(11-13-7-3-1-4-8-13)16(20)17(21)19-12-14-9-5-2-6-10-14;/h1-10,15-16,20H,11-12,18H2,(H,19,21);1H. The first kappa shape index (κ1) is 18.2. The lowest BCUT2D eigenvalue weighted by molar-refractivity contribution is -0.130. The molecule has 0 radical (unpaired) electrons. The maximum absolute atomic E-state index is 11.9. The molecule has 0 heterocycles. The maximum atomic E-state index is 11.9. The first-order valence-electron chi connectivity index (χ1n) is 6.96. The molecule has 0 fully saturated rings. The van der Waals surface area contributed by atoms with Gasteiger partial charge in [-0.3, -0.25) is 4.79 Å². The van der Waals surface area contributed by atoms with Crippen LogP contribution in [-0.2, 0) is 17.8 Å². The number of nitrogens with one attached hydrogen (secondary N) is 1. The van der Waals surface area contributed by atoms with Gasteiger partial charge in [-0.1, -0.05) is 60.7 Å². The molecule has 2 aromatic rings. The van der Waals surface area contributed by atoms with Gasteiger partial charge in [0.2, 0.25) is 0 Å². The van der Waals surface area contributed by atoms with Crippen LogP contribution in [0, 0.1) is 0 Å². The number of carbonyl (C=O) groups excluding carboxylic acids is 1. The lowest BCUT2D eigenvalue weighted by Gasteiger charge is -2.18. The van der Waals surface area contributed by atoms with E-state index in [0.29, 0.717) is 13.0 Å². The zero-order valence-corrected chi connectivity index (χ0v) is 13.0. The largest absolute Gasteiger partial charge is 0.382 e. The average Bonchev–Trinajstić information content (AvgIpc) is 2.53. The number of rotatable bonds is 6. The Labute approximate surface area is 136 Å². The van der Waals surface area contributed by atoms with E-state index in [9.17, 15) is 9.90 Å². The van der Waals surface area contributed by atoms with Crippen LogP contribution in [0.4, 0.5) is 0 Å². The molecule has 22 heavy (non-hydrogen) atoms. The maximum Gasteiger partial charge on any atom is 0.250 e. The summed E-state index contributed by atoms with van der Waals surface area (Å²) in [5, 5.41) is 12.7. The third kappa shape index (κ3) is 5.48. The predicted molar refractivity (Wildman–Crippen MR) is 89.7 cm³/mol. The van der Waals surface area contributed by atoms with Crippen molar-refractivity contribution in [3.63, 3.8) is 0 Å².